The standard InChI is InChI=1S/C17H17ClN4O/c18-12-5-4-8-14(9-12)22-16-15(10-20-22)17(23)21(11-19-16)13-6-2-1-3-7-13/h4-5,8-11,13H,1-3,6-7H2. The minimum atomic E-state index is -0.00446. The molecule has 6 heteroatoms. The molecule has 0 saturated heterocycles. The molecule has 0 aliphatic heterocycles. The van der Waals surface area contributed by atoms with Crippen LogP contribution >= 0.6 is 11.6 Å². The quantitative estimate of drug-likeness (QED) is 0.720. The summed E-state index contributed by atoms with van der Waals surface area (Å²) in [5, 5.41) is 5.52. The van der Waals surface area contributed by atoms with E-state index in [1.54, 1.807) is 27.8 Å². The average molecular weight is 329 g/mol. The zero-order valence-electron chi connectivity index (χ0n) is 12.7. The lowest BCUT2D eigenvalue weighted by molar-refractivity contribution is 0.345. The second kappa shape index (κ2) is 5.81. The third-order valence-corrected chi connectivity index (χ3v) is 4.77. The molecule has 0 radical (unpaired) electrons. The minimum Gasteiger partial charge on any atom is -0.295 e. The molecule has 0 unspecified atom stereocenters. The fourth-order valence-corrected chi connectivity index (χ4v) is 3.53. The SMILES string of the molecule is O=c1c2cnn(-c3cccc(Cl)c3)c2ncn1C1CCCCC1. The van der Waals surface area contributed by atoms with Crippen molar-refractivity contribution in [3.63, 3.8) is 0 Å². The van der Waals surface area contributed by atoms with E-state index in [-0.39, 0.29) is 11.6 Å². The summed E-state index contributed by atoms with van der Waals surface area (Å²) in [6, 6.07) is 7.63. The second-order valence-corrected chi connectivity index (χ2v) is 6.46. The van der Waals surface area contributed by atoms with Gasteiger partial charge in [-0.05, 0) is 31.0 Å². The molecule has 1 saturated carbocycles. The summed E-state index contributed by atoms with van der Waals surface area (Å²) in [5.74, 6) is 0. The molecule has 0 bridgehead atoms. The molecule has 1 aliphatic carbocycles. The van der Waals surface area contributed by atoms with Gasteiger partial charge >= 0.3 is 0 Å². The van der Waals surface area contributed by atoms with E-state index in [9.17, 15) is 4.79 Å². The van der Waals surface area contributed by atoms with Crippen LogP contribution in [-0.2, 0) is 0 Å². The predicted octanol–water partition coefficient (Wildman–Crippen LogP) is 3.74. The Morgan fingerprint density at radius 3 is 2.78 bits per heavy atom. The first-order valence-corrected chi connectivity index (χ1v) is 8.32. The van der Waals surface area contributed by atoms with Gasteiger partial charge in [-0.3, -0.25) is 9.36 Å². The molecular weight excluding hydrogens is 312 g/mol. The number of halogens is 1. The van der Waals surface area contributed by atoms with Crippen molar-refractivity contribution in [1.29, 1.82) is 0 Å². The van der Waals surface area contributed by atoms with Crippen molar-refractivity contribution in [3.8, 4) is 5.69 Å². The molecule has 2 aromatic heterocycles. The van der Waals surface area contributed by atoms with Gasteiger partial charge in [0, 0.05) is 11.1 Å². The van der Waals surface area contributed by atoms with E-state index in [0.717, 1.165) is 18.5 Å². The highest BCUT2D eigenvalue weighted by Crippen LogP contribution is 2.27. The number of hydrogen-bond acceptors (Lipinski definition) is 3. The normalized spacial score (nSPS) is 16.0. The molecule has 2 heterocycles. The van der Waals surface area contributed by atoms with Crippen LogP contribution in [-0.4, -0.2) is 19.3 Å². The lowest BCUT2D eigenvalue weighted by Crippen LogP contribution is -2.26. The number of rotatable bonds is 2. The van der Waals surface area contributed by atoms with Crippen LogP contribution in [0.5, 0.6) is 0 Å². The topological polar surface area (TPSA) is 52.7 Å². The maximum atomic E-state index is 12.8. The van der Waals surface area contributed by atoms with Gasteiger partial charge in [0.2, 0.25) is 0 Å². The molecule has 23 heavy (non-hydrogen) atoms. The minimum absolute atomic E-state index is 0.00446. The Morgan fingerprint density at radius 1 is 1.17 bits per heavy atom. The van der Waals surface area contributed by atoms with Crippen LogP contribution in [0.1, 0.15) is 38.1 Å². The second-order valence-electron chi connectivity index (χ2n) is 6.02. The van der Waals surface area contributed by atoms with Crippen LogP contribution in [0.25, 0.3) is 16.7 Å². The number of benzene rings is 1. The molecule has 0 atom stereocenters. The third-order valence-electron chi connectivity index (χ3n) is 4.53. The zero-order valence-corrected chi connectivity index (χ0v) is 13.4. The highest BCUT2D eigenvalue weighted by Gasteiger charge is 2.19. The van der Waals surface area contributed by atoms with Crippen molar-refractivity contribution in [3.05, 3.63) is 52.2 Å². The van der Waals surface area contributed by atoms with Gasteiger partial charge < -0.3 is 0 Å². The summed E-state index contributed by atoms with van der Waals surface area (Å²) in [5.41, 5.74) is 1.37. The Hall–Kier alpha value is -2.14. The van der Waals surface area contributed by atoms with Crippen LogP contribution in [0.2, 0.25) is 5.02 Å². The van der Waals surface area contributed by atoms with Crippen LogP contribution in [0.4, 0.5) is 0 Å². The largest absolute Gasteiger partial charge is 0.295 e. The van der Waals surface area contributed by atoms with Crippen molar-refractivity contribution in [2.75, 3.05) is 0 Å². The highest BCUT2D eigenvalue weighted by atomic mass is 35.5. The predicted molar refractivity (Wildman–Crippen MR) is 90.3 cm³/mol. The maximum absolute atomic E-state index is 12.8. The Bertz CT molecular complexity index is 908. The van der Waals surface area contributed by atoms with Crippen LogP contribution in [0.15, 0.2) is 41.6 Å². The van der Waals surface area contributed by atoms with Gasteiger partial charge in [0.1, 0.15) is 11.7 Å². The monoisotopic (exact) mass is 328 g/mol. The Labute approximate surface area is 138 Å². The maximum Gasteiger partial charge on any atom is 0.264 e. The number of fused-ring (bicyclic) bond motifs is 1. The van der Waals surface area contributed by atoms with Gasteiger partial charge in [0.05, 0.1) is 11.9 Å². The van der Waals surface area contributed by atoms with E-state index >= 15 is 0 Å². The molecule has 1 aromatic carbocycles. The highest BCUT2D eigenvalue weighted by molar-refractivity contribution is 6.30. The summed E-state index contributed by atoms with van der Waals surface area (Å²) in [4.78, 5) is 17.3. The number of nitrogens with zero attached hydrogens (tertiary/aromatic N) is 4. The van der Waals surface area contributed by atoms with Crippen molar-refractivity contribution < 1.29 is 0 Å². The summed E-state index contributed by atoms with van der Waals surface area (Å²) in [6.07, 6.45) is 8.99. The molecule has 3 aromatic rings. The Morgan fingerprint density at radius 2 is 2.00 bits per heavy atom. The van der Waals surface area contributed by atoms with Crippen molar-refractivity contribution in [2.45, 2.75) is 38.1 Å². The lowest BCUT2D eigenvalue weighted by Gasteiger charge is -2.23. The van der Waals surface area contributed by atoms with E-state index in [1.807, 2.05) is 18.2 Å². The first kappa shape index (κ1) is 14.5. The van der Waals surface area contributed by atoms with Gasteiger partial charge in [-0.25, -0.2) is 9.67 Å². The van der Waals surface area contributed by atoms with Crippen molar-refractivity contribution in [1.82, 2.24) is 19.3 Å². The summed E-state index contributed by atoms with van der Waals surface area (Å²) in [7, 11) is 0. The molecule has 118 valence electrons. The van der Waals surface area contributed by atoms with Gasteiger partial charge in [-0.15, -0.1) is 0 Å². The summed E-state index contributed by atoms with van der Waals surface area (Å²) in [6.45, 7) is 0. The molecule has 0 spiro atoms. The van der Waals surface area contributed by atoms with E-state index in [0.29, 0.717) is 16.1 Å². The van der Waals surface area contributed by atoms with E-state index in [2.05, 4.69) is 10.1 Å². The van der Waals surface area contributed by atoms with Crippen LogP contribution < -0.4 is 5.56 Å². The van der Waals surface area contributed by atoms with E-state index in [4.69, 9.17) is 11.6 Å². The first-order valence-electron chi connectivity index (χ1n) is 7.95. The summed E-state index contributed by atoms with van der Waals surface area (Å²) < 4.78 is 3.44. The fourth-order valence-electron chi connectivity index (χ4n) is 3.34. The number of hydrogen-bond donors (Lipinski definition) is 0. The molecule has 1 aliphatic rings. The van der Waals surface area contributed by atoms with Gasteiger partial charge in [0.25, 0.3) is 5.56 Å². The fraction of sp³-hybridized carbons (Fsp3) is 0.353. The smallest absolute Gasteiger partial charge is 0.264 e. The molecule has 0 amide bonds. The van der Waals surface area contributed by atoms with Crippen molar-refractivity contribution >= 4 is 22.6 Å². The average Bonchev–Trinajstić information content (AvgIpc) is 3.01. The molecule has 1 fully saturated rings. The number of aromatic nitrogens is 4. The Kier molecular flexibility index (Phi) is 3.65. The summed E-state index contributed by atoms with van der Waals surface area (Å²) >= 11 is 6.04. The molecule has 4 rings (SSSR count). The van der Waals surface area contributed by atoms with Crippen LogP contribution in [0.3, 0.4) is 0 Å². The zero-order chi connectivity index (χ0) is 15.8. The van der Waals surface area contributed by atoms with E-state index < -0.39 is 0 Å². The van der Waals surface area contributed by atoms with E-state index in [1.165, 1.54) is 19.3 Å². The third kappa shape index (κ3) is 2.55. The lowest BCUT2D eigenvalue weighted by atomic mass is 9.95. The molecular formula is C17H17ClN4O. The van der Waals surface area contributed by atoms with Gasteiger partial charge in [-0.2, -0.15) is 5.10 Å². The Balaban J connectivity index is 1.82. The van der Waals surface area contributed by atoms with Crippen LogP contribution in [0, 0.1) is 0 Å². The first-order chi connectivity index (χ1) is 11.2. The molecule has 5 nitrogen and oxygen atoms in total. The van der Waals surface area contributed by atoms with Gasteiger partial charge in [-0.1, -0.05) is 36.9 Å². The molecule has 0 N–H and O–H groups in total. The van der Waals surface area contributed by atoms with Gasteiger partial charge in [0.15, 0.2) is 5.65 Å². The van der Waals surface area contributed by atoms with Crippen molar-refractivity contribution in [2.24, 2.45) is 0 Å².